The molecule has 0 aromatic rings. The normalized spacial score (nSPS) is 24.6. The number of nitrogens with one attached hydrogen (secondary N) is 1. The molecule has 0 aromatic heterocycles. The summed E-state index contributed by atoms with van der Waals surface area (Å²) in [5.74, 6) is 2.58. The molecule has 2 nitrogen and oxygen atoms in total. The van der Waals surface area contributed by atoms with E-state index in [9.17, 15) is 0 Å². The summed E-state index contributed by atoms with van der Waals surface area (Å²) in [5, 5.41) is 3.63. The van der Waals surface area contributed by atoms with E-state index in [-0.39, 0.29) is 0 Å². The molecular formula is C13H28N2S. The van der Waals surface area contributed by atoms with Gasteiger partial charge >= 0.3 is 0 Å². The predicted octanol–water partition coefficient (Wildman–Crippen LogP) is 2.59. The molecule has 1 rings (SSSR count). The van der Waals surface area contributed by atoms with Crippen LogP contribution in [0.25, 0.3) is 0 Å². The second-order valence-electron chi connectivity index (χ2n) is 4.77. The SMILES string of the molecule is CCCC1CN(C(C)CCSCC)CCN1. The van der Waals surface area contributed by atoms with E-state index in [1.165, 1.54) is 50.4 Å². The highest BCUT2D eigenvalue weighted by Crippen LogP contribution is 2.13. The highest BCUT2D eigenvalue weighted by atomic mass is 32.2. The van der Waals surface area contributed by atoms with Crippen molar-refractivity contribution in [1.29, 1.82) is 0 Å². The lowest BCUT2D eigenvalue weighted by molar-refractivity contribution is 0.146. The van der Waals surface area contributed by atoms with Crippen molar-refractivity contribution in [2.45, 2.75) is 52.1 Å². The zero-order valence-corrected chi connectivity index (χ0v) is 12.0. The van der Waals surface area contributed by atoms with Gasteiger partial charge in [0.05, 0.1) is 0 Å². The van der Waals surface area contributed by atoms with Gasteiger partial charge in [0.1, 0.15) is 0 Å². The topological polar surface area (TPSA) is 15.3 Å². The summed E-state index contributed by atoms with van der Waals surface area (Å²) in [6, 6.07) is 1.50. The second kappa shape index (κ2) is 8.37. The van der Waals surface area contributed by atoms with Gasteiger partial charge in [-0.2, -0.15) is 11.8 Å². The van der Waals surface area contributed by atoms with Crippen LogP contribution in [-0.2, 0) is 0 Å². The number of hydrogen-bond acceptors (Lipinski definition) is 3. The summed E-state index contributed by atoms with van der Waals surface area (Å²) >= 11 is 2.07. The van der Waals surface area contributed by atoms with Crippen molar-refractivity contribution in [3.05, 3.63) is 0 Å². The predicted molar refractivity (Wildman–Crippen MR) is 75.3 cm³/mol. The molecule has 16 heavy (non-hydrogen) atoms. The molecule has 0 amide bonds. The largest absolute Gasteiger partial charge is 0.311 e. The number of hydrogen-bond donors (Lipinski definition) is 1. The molecule has 2 atom stereocenters. The van der Waals surface area contributed by atoms with E-state index in [1.54, 1.807) is 0 Å². The Morgan fingerprint density at radius 1 is 1.44 bits per heavy atom. The minimum Gasteiger partial charge on any atom is -0.311 e. The molecule has 1 fully saturated rings. The van der Waals surface area contributed by atoms with E-state index in [0.29, 0.717) is 0 Å². The first kappa shape index (κ1) is 14.3. The molecule has 1 aliphatic heterocycles. The molecular weight excluding hydrogens is 216 g/mol. The fourth-order valence-corrected chi connectivity index (χ4v) is 3.17. The molecule has 1 saturated heterocycles. The highest BCUT2D eigenvalue weighted by Gasteiger charge is 2.21. The van der Waals surface area contributed by atoms with E-state index >= 15 is 0 Å². The molecule has 3 heteroatoms. The Balaban J connectivity index is 2.23. The maximum atomic E-state index is 3.63. The van der Waals surface area contributed by atoms with Crippen molar-refractivity contribution in [1.82, 2.24) is 10.2 Å². The van der Waals surface area contributed by atoms with Crippen molar-refractivity contribution in [2.75, 3.05) is 31.1 Å². The molecule has 0 bridgehead atoms. The summed E-state index contributed by atoms with van der Waals surface area (Å²) < 4.78 is 0. The van der Waals surface area contributed by atoms with Gasteiger partial charge in [-0.05, 0) is 31.3 Å². The zero-order chi connectivity index (χ0) is 11.8. The summed E-state index contributed by atoms with van der Waals surface area (Å²) in [6.07, 6.45) is 3.97. The van der Waals surface area contributed by atoms with Crippen molar-refractivity contribution in [3.63, 3.8) is 0 Å². The minimum atomic E-state index is 0.736. The first-order valence-electron chi connectivity index (χ1n) is 6.83. The fraction of sp³-hybridized carbons (Fsp3) is 1.00. The smallest absolute Gasteiger partial charge is 0.0195 e. The van der Waals surface area contributed by atoms with Crippen molar-refractivity contribution >= 4 is 11.8 Å². The van der Waals surface area contributed by atoms with Crippen molar-refractivity contribution < 1.29 is 0 Å². The second-order valence-corrected chi connectivity index (χ2v) is 6.16. The zero-order valence-electron chi connectivity index (χ0n) is 11.2. The van der Waals surface area contributed by atoms with Crippen LogP contribution in [0.4, 0.5) is 0 Å². The van der Waals surface area contributed by atoms with Crippen LogP contribution in [0.2, 0.25) is 0 Å². The van der Waals surface area contributed by atoms with E-state index < -0.39 is 0 Å². The Morgan fingerprint density at radius 2 is 2.25 bits per heavy atom. The van der Waals surface area contributed by atoms with Crippen molar-refractivity contribution in [2.24, 2.45) is 0 Å². The van der Waals surface area contributed by atoms with Crippen LogP contribution < -0.4 is 5.32 Å². The number of nitrogens with zero attached hydrogens (tertiary/aromatic N) is 1. The molecule has 1 heterocycles. The summed E-state index contributed by atoms with van der Waals surface area (Å²) in [4.78, 5) is 2.67. The maximum absolute atomic E-state index is 3.63. The third kappa shape index (κ3) is 5.07. The molecule has 1 aliphatic rings. The van der Waals surface area contributed by atoms with E-state index in [4.69, 9.17) is 0 Å². The Kier molecular flexibility index (Phi) is 7.50. The first-order chi connectivity index (χ1) is 7.77. The van der Waals surface area contributed by atoms with Crippen LogP contribution in [0, 0.1) is 0 Å². The van der Waals surface area contributed by atoms with E-state index in [0.717, 1.165) is 12.1 Å². The molecule has 0 aliphatic carbocycles. The summed E-state index contributed by atoms with van der Waals surface area (Å²) in [6.45, 7) is 10.6. The average molecular weight is 244 g/mol. The first-order valence-corrected chi connectivity index (χ1v) is 7.98. The van der Waals surface area contributed by atoms with Gasteiger partial charge in [0, 0.05) is 31.7 Å². The van der Waals surface area contributed by atoms with Gasteiger partial charge in [-0.25, -0.2) is 0 Å². The highest BCUT2D eigenvalue weighted by molar-refractivity contribution is 7.99. The minimum absolute atomic E-state index is 0.736. The van der Waals surface area contributed by atoms with Crippen LogP contribution in [-0.4, -0.2) is 48.1 Å². The van der Waals surface area contributed by atoms with Gasteiger partial charge in [0.25, 0.3) is 0 Å². The van der Waals surface area contributed by atoms with Crippen LogP contribution in [0.5, 0.6) is 0 Å². The van der Waals surface area contributed by atoms with Gasteiger partial charge in [-0.3, -0.25) is 4.90 Å². The molecule has 1 N–H and O–H groups in total. The number of thioether (sulfide) groups is 1. The van der Waals surface area contributed by atoms with Gasteiger partial charge in [0.15, 0.2) is 0 Å². The molecule has 0 spiro atoms. The van der Waals surface area contributed by atoms with E-state index in [1.807, 2.05) is 0 Å². The van der Waals surface area contributed by atoms with Gasteiger partial charge in [-0.15, -0.1) is 0 Å². The van der Waals surface area contributed by atoms with Crippen LogP contribution in [0.1, 0.15) is 40.0 Å². The molecule has 0 saturated carbocycles. The van der Waals surface area contributed by atoms with Gasteiger partial charge in [-0.1, -0.05) is 20.3 Å². The molecule has 2 unspecified atom stereocenters. The van der Waals surface area contributed by atoms with Crippen LogP contribution in [0.15, 0.2) is 0 Å². The van der Waals surface area contributed by atoms with E-state index in [2.05, 4.69) is 42.7 Å². The number of piperazine rings is 1. The fourth-order valence-electron chi connectivity index (χ4n) is 2.37. The Morgan fingerprint density at radius 3 is 2.94 bits per heavy atom. The quantitative estimate of drug-likeness (QED) is 0.693. The third-order valence-electron chi connectivity index (χ3n) is 3.43. The molecule has 0 radical (unpaired) electrons. The standard InChI is InChI=1S/C13H28N2S/c1-4-6-13-11-15(9-8-14-13)12(3)7-10-16-5-2/h12-14H,4-11H2,1-3H3. The summed E-state index contributed by atoms with van der Waals surface area (Å²) in [5.41, 5.74) is 0. The summed E-state index contributed by atoms with van der Waals surface area (Å²) in [7, 11) is 0. The lowest BCUT2D eigenvalue weighted by atomic mass is 10.1. The van der Waals surface area contributed by atoms with Gasteiger partial charge < -0.3 is 5.32 Å². The number of rotatable bonds is 7. The Labute approximate surface area is 106 Å². The van der Waals surface area contributed by atoms with Gasteiger partial charge in [0.2, 0.25) is 0 Å². The van der Waals surface area contributed by atoms with Crippen molar-refractivity contribution in [3.8, 4) is 0 Å². The Hall–Kier alpha value is 0.270. The lowest BCUT2D eigenvalue weighted by Crippen LogP contribution is -2.53. The molecule has 96 valence electrons. The average Bonchev–Trinajstić information content (AvgIpc) is 2.30. The third-order valence-corrected chi connectivity index (χ3v) is 4.36. The molecule has 0 aromatic carbocycles. The van der Waals surface area contributed by atoms with Crippen LogP contribution in [0.3, 0.4) is 0 Å². The lowest BCUT2D eigenvalue weighted by Gasteiger charge is -2.37. The Bertz CT molecular complexity index is 173. The van der Waals surface area contributed by atoms with Crippen LogP contribution >= 0.6 is 11.8 Å². The monoisotopic (exact) mass is 244 g/mol. The maximum Gasteiger partial charge on any atom is 0.0195 e.